The Morgan fingerprint density at radius 1 is 0.947 bits per heavy atom. The molecule has 5 heteroatoms. The third kappa shape index (κ3) is 5.73. The zero-order valence-corrected chi connectivity index (χ0v) is 23.0. The standard InChI is InChI=1S/C33H39NO4/c1-22-28(16-15-27-17-26(35)18-30(36)37-27)32-29(19-33(3,4)38-32)23(2)31(22)34(20-24-11-7-5-8-12-24)21-25-13-9-6-10-14-25/h5-14,26-27,35H,15-21H2,1-4H3/t26-,27-/m0/s1. The monoisotopic (exact) mass is 513 g/mol. The van der Waals surface area contributed by atoms with E-state index in [1.807, 2.05) is 0 Å². The SMILES string of the molecule is Cc1c(CC[C@H]2C[C@H](O)CC(=O)O2)c2c(c(C)c1N(Cc1ccccc1)Cc1ccccc1)CC(C)(C)O2. The molecule has 1 fully saturated rings. The first kappa shape index (κ1) is 26.3. The molecule has 5 nitrogen and oxygen atoms in total. The third-order valence-corrected chi connectivity index (χ3v) is 7.85. The number of carbonyl (C=O) groups is 1. The van der Waals surface area contributed by atoms with Gasteiger partial charge in [0, 0.05) is 37.2 Å². The zero-order chi connectivity index (χ0) is 26.9. The fourth-order valence-electron chi connectivity index (χ4n) is 6.10. The number of nitrogens with zero attached hydrogens (tertiary/aromatic N) is 1. The number of carbonyl (C=O) groups excluding carboxylic acids is 1. The smallest absolute Gasteiger partial charge is 0.308 e. The fraction of sp³-hybridized carbons (Fsp3) is 0.424. The van der Waals surface area contributed by atoms with E-state index in [4.69, 9.17) is 9.47 Å². The lowest BCUT2D eigenvalue weighted by Crippen LogP contribution is -2.33. The molecule has 0 unspecified atom stereocenters. The van der Waals surface area contributed by atoms with Crippen molar-refractivity contribution in [3.8, 4) is 5.75 Å². The van der Waals surface area contributed by atoms with Crippen LogP contribution in [0.4, 0.5) is 5.69 Å². The van der Waals surface area contributed by atoms with Crippen LogP contribution in [0, 0.1) is 13.8 Å². The number of benzene rings is 3. The number of hydrogen-bond acceptors (Lipinski definition) is 5. The zero-order valence-electron chi connectivity index (χ0n) is 23.0. The molecule has 2 aliphatic rings. The molecule has 0 saturated carbocycles. The van der Waals surface area contributed by atoms with Crippen molar-refractivity contribution in [1.29, 1.82) is 0 Å². The number of aliphatic hydroxyl groups is 1. The van der Waals surface area contributed by atoms with E-state index in [1.165, 1.54) is 39.1 Å². The molecular formula is C33H39NO4. The van der Waals surface area contributed by atoms with E-state index in [9.17, 15) is 9.90 Å². The lowest BCUT2D eigenvalue weighted by molar-refractivity contribution is -0.160. The van der Waals surface area contributed by atoms with Gasteiger partial charge in [0.15, 0.2) is 0 Å². The summed E-state index contributed by atoms with van der Waals surface area (Å²) < 4.78 is 12.2. The minimum atomic E-state index is -0.621. The van der Waals surface area contributed by atoms with Crippen molar-refractivity contribution in [2.75, 3.05) is 4.90 Å². The summed E-state index contributed by atoms with van der Waals surface area (Å²) in [6, 6.07) is 21.3. The van der Waals surface area contributed by atoms with Crippen LogP contribution in [-0.4, -0.2) is 28.9 Å². The Kier molecular flexibility index (Phi) is 7.49. The Morgan fingerprint density at radius 2 is 1.55 bits per heavy atom. The van der Waals surface area contributed by atoms with Gasteiger partial charge in [-0.1, -0.05) is 60.7 Å². The first-order valence-corrected chi connectivity index (χ1v) is 13.7. The molecule has 0 bridgehead atoms. The van der Waals surface area contributed by atoms with E-state index < -0.39 is 6.10 Å². The molecule has 0 radical (unpaired) electrons. The minimum Gasteiger partial charge on any atom is -0.487 e. The molecule has 1 saturated heterocycles. The van der Waals surface area contributed by atoms with Gasteiger partial charge in [-0.25, -0.2) is 0 Å². The third-order valence-electron chi connectivity index (χ3n) is 7.85. The van der Waals surface area contributed by atoms with E-state index in [0.29, 0.717) is 12.8 Å². The van der Waals surface area contributed by atoms with Crippen LogP contribution in [0.25, 0.3) is 0 Å². The van der Waals surface area contributed by atoms with Crippen molar-refractivity contribution in [2.45, 2.75) is 90.7 Å². The lowest BCUT2D eigenvalue weighted by atomic mass is 9.88. The quantitative estimate of drug-likeness (QED) is 0.362. The van der Waals surface area contributed by atoms with E-state index in [2.05, 4.69) is 93.3 Å². The summed E-state index contributed by atoms with van der Waals surface area (Å²) >= 11 is 0. The van der Waals surface area contributed by atoms with E-state index in [-0.39, 0.29) is 24.1 Å². The molecular weight excluding hydrogens is 474 g/mol. The highest BCUT2D eigenvalue weighted by Gasteiger charge is 2.37. The molecule has 2 heterocycles. The average Bonchev–Trinajstić information content (AvgIpc) is 3.20. The highest BCUT2D eigenvalue weighted by atomic mass is 16.5. The largest absolute Gasteiger partial charge is 0.487 e. The summed E-state index contributed by atoms with van der Waals surface area (Å²) in [6.07, 6.45) is 1.94. The fourth-order valence-corrected chi connectivity index (χ4v) is 6.10. The van der Waals surface area contributed by atoms with Crippen molar-refractivity contribution >= 4 is 11.7 Å². The van der Waals surface area contributed by atoms with Gasteiger partial charge in [0.1, 0.15) is 17.5 Å². The van der Waals surface area contributed by atoms with Crippen LogP contribution in [-0.2, 0) is 35.5 Å². The number of anilines is 1. The Morgan fingerprint density at radius 3 is 2.13 bits per heavy atom. The van der Waals surface area contributed by atoms with Crippen molar-refractivity contribution in [1.82, 2.24) is 0 Å². The van der Waals surface area contributed by atoms with E-state index in [1.54, 1.807) is 0 Å². The number of rotatable bonds is 8. The number of hydrogen-bond donors (Lipinski definition) is 1. The van der Waals surface area contributed by atoms with Crippen molar-refractivity contribution < 1.29 is 19.4 Å². The van der Waals surface area contributed by atoms with Crippen LogP contribution >= 0.6 is 0 Å². The van der Waals surface area contributed by atoms with Gasteiger partial charge in [0.25, 0.3) is 0 Å². The summed E-state index contributed by atoms with van der Waals surface area (Å²) in [5.74, 6) is 0.686. The second-order valence-corrected chi connectivity index (χ2v) is 11.5. The molecule has 0 spiro atoms. The highest BCUT2D eigenvalue weighted by molar-refractivity contribution is 5.71. The van der Waals surface area contributed by atoms with Crippen molar-refractivity contribution in [2.24, 2.45) is 0 Å². The van der Waals surface area contributed by atoms with Gasteiger partial charge < -0.3 is 19.5 Å². The number of ether oxygens (including phenoxy) is 2. The topological polar surface area (TPSA) is 59.0 Å². The number of cyclic esters (lactones) is 1. The second kappa shape index (κ2) is 10.8. The summed E-state index contributed by atoms with van der Waals surface area (Å²) in [5, 5.41) is 10.1. The first-order valence-electron chi connectivity index (χ1n) is 13.7. The van der Waals surface area contributed by atoms with E-state index >= 15 is 0 Å². The normalized spacial score (nSPS) is 20.0. The number of esters is 1. The Labute approximate surface area is 226 Å². The minimum absolute atomic E-state index is 0.0881. The van der Waals surface area contributed by atoms with Crippen LogP contribution in [0.5, 0.6) is 5.75 Å². The van der Waals surface area contributed by atoms with Gasteiger partial charge in [-0.15, -0.1) is 0 Å². The predicted octanol–water partition coefficient (Wildman–Crippen LogP) is 6.22. The lowest BCUT2D eigenvalue weighted by Gasteiger charge is -2.32. The Bertz CT molecular complexity index is 1240. The van der Waals surface area contributed by atoms with Crippen molar-refractivity contribution in [3.63, 3.8) is 0 Å². The maximum absolute atomic E-state index is 12.0. The molecule has 2 atom stereocenters. The molecule has 3 aromatic carbocycles. The first-order chi connectivity index (χ1) is 18.2. The van der Waals surface area contributed by atoms with Gasteiger partial charge in [-0.05, 0) is 68.4 Å². The van der Waals surface area contributed by atoms with Gasteiger partial charge >= 0.3 is 5.97 Å². The maximum Gasteiger partial charge on any atom is 0.308 e. The molecule has 1 N–H and O–H groups in total. The summed E-state index contributed by atoms with van der Waals surface area (Å²) in [4.78, 5) is 14.5. The molecule has 0 aromatic heterocycles. The predicted molar refractivity (Wildman–Crippen MR) is 151 cm³/mol. The number of fused-ring (bicyclic) bond motifs is 1. The van der Waals surface area contributed by atoms with Crippen LogP contribution < -0.4 is 9.64 Å². The molecule has 38 heavy (non-hydrogen) atoms. The second-order valence-electron chi connectivity index (χ2n) is 11.5. The van der Waals surface area contributed by atoms with Gasteiger partial charge in [-0.3, -0.25) is 4.79 Å². The summed E-state index contributed by atoms with van der Waals surface area (Å²) in [7, 11) is 0. The molecule has 5 rings (SSSR count). The summed E-state index contributed by atoms with van der Waals surface area (Å²) in [5.41, 5.74) is 8.48. The Balaban J connectivity index is 1.55. The van der Waals surface area contributed by atoms with Gasteiger partial charge in [0.2, 0.25) is 0 Å². The average molecular weight is 514 g/mol. The van der Waals surface area contributed by atoms with Gasteiger partial charge in [0.05, 0.1) is 12.5 Å². The highest BCUT2D eigenvalue weighted by Crippen LogP contribution is 2.47. The van der Waals surface area contributed by atoms with Crippen LogP contribution in [0.1, 0.15) is 66.5 Å². The number of aliphatic hydroxyl groups excluding tert-OH is 1. The molecule has 0 amide bonds. The Hall–Kier alpha value is -3.31. The van der Waals surface area contributed by atoms with Crippen LogP contribution in [0.3, 0.4) is 0 Å². The van der Waals surface area contributed by atoms with Crippen molar-refractivity contribution in [3.05, 3.63) is 94.0 Å². The summed E-state index contributed by atoms with van der Waals surface area (Å²) in [6.45, 7) is 10.3. The maximum atomic E-state index is 12.0. The van der Waals surface area contributed by atoms with E-state index in [0.717, 1.165) is 31.7 Å². The molecule has 2 aliphatic heterocycles. The van der Waals surface area contributed by atoms with Gasteiger partial charge in [-0.2, -0.15) is 0 Å². The van der Waals surface area contributed by atoms with Crippen LogP contribution in [0.15, 0.2) is 60.7 Å². The molecule has 0 aliphatic carbocycles. The molecule has 200 valence electrons. The molecule has 3 aromatic rings. The van der Waals surface area contributed by atoms with Crippen LogP contribution in [0.2, 0.25) is 0 Å².